The summed E-state index contributed by atoms with van der Waals surface area (Å²) in [5, 5.41) is 0. The highest BCUT2D eigenvalue weighted by Gasteiger charge is 2.20. The molecule has 0 saturated carbocycles. The number of rotatable bonds is 9. The van der Waals surface area contributed by atoms with Crippen molar-refractivity contribution in [3.05, 3.63) is 0 Å². The largest absolute Gasteiger partial charge is 0.382 e. The first-order valence-corrected chi connectivity index (χ1v) is 5.93. The van der Waals surface area contributed by atoms with Gasteiger partial charge in [0, 0.05) is 20.7 Å². The maximum atomic E-state index is 11.7. The van der Waals surface area contributed by atoms with E-state index < -0.39 is 0 Å². The molecule has 0 aromatic rings. The second-order valence-corrected chi connectivity index (χ2v) is 4.97. The molecule has 0 unspecified atom stereocenters. The molecule has 0 aliphatic rings. The van der Waals surface area contributed by atoms with Gasteiger partial charge in [-0.15, -0.1) is 12.4 Å². The lowest BCUT2D eigenvalue weighted by Crippen LogP contribution is -2.40. The molecule has 0 heterocycles. The van der Waals surface area contributed by atoms with Gasteiger partial charge in [0.1, 0.15) is 0 Å². The van der Waals surface area contributed by atoms with Crippen molar-refractivity contribution in [3.8, 4) is 0 Å². The molecule has 0 rings (SSSR count). The lowest BCUT2D eigenvalue weighted by atomic mass is 9.93. The maximum Gasteiger partial charge on any atom is 0.224 e. The molecule has 5 nitrogen and oxygen atoms in total. The maximum absolute atomic E-state index is 11.7. The molecule has 6 heteroatoms. The third-order valence-corrected chi connectivity index (χ3v) is 2.54. The van der Waals surface area contributed by atoms with Crippen LogP contribution in [0.3, 0.4) is 0 Å². The molecule has 0 atom stereocenters. The van der Waals surface area contributed by atoms with E-state index in [4.69, 9.17) is 15.2 Å². The number of amides is 1. The molecule has 0 aliphatic carbocycles. The topological polar surface area (TPSA) is 64.8 Å². The third-order valence-electron chi connectivity index (χ3n) is 2.54. The highest BCUT2D eigenvalue weighted by molar-refractivity contribution is 5.85. The zero-order chi connectivity index (χ0) is 13.3. The van der Waals surface area contributed by atoms with Crippen LogP contribution in [-0.4, -0.2) is 57.9 Å². The van der Waals surface area contributed by atoms with Crippen molar-refractivity contribution in [2.24, 2.45) is 11.1 Å². The number of ether oxygens (including phenoxy) is 2. The molecule has 0 bridgehead atoms. The highest BCUT2D eigenvalue weighted by Crippen LogP contribution is 2.14. The van der Waals surface area contributed by atoms with Crippen LogP contribution in [0.15, 0.2) is 0 Å². The standard InChI is InChI=1S/C12H26N2O3.ClH/c1-12(2,9-13)10-14(3)11(15)5-6-17-8-7-16-4;/h5-10,13H2,1-4H3;1H. The summed E-state index contributed by atoms with van der Waals surface area (Å²) in [6, 6.07) is 0. The van der Waals surface area contributed by atoms with Gasteiger partial charge in [0.15, 0.2) is 0 Å². The van der Waals surface area contributed by atoms with Gasteiger partial charge in [0.2, 0.25) is 5.91 Å². The predicted molar refractivity (Wildman–Crippen MR) is 75.0 cm³/mol. The number of nitrogens with zero attached hydrogens (tertiary/aromatic N) is 1. The van der Waals surface area contributed by atoms with Gasteiger partial charge in [-0.25, -0.2) is 0 Å². The van der Waals surface area contributed by atoms with Crippen LogP contribution >= 0.6 is 12.4 Å². The molecule has 0 aliphatic heterocycles. The van der Waals surface area contributed by atoms with Crippen molar-refractivity contribution in [1.82, 2.24) is 4.90 Å². The van der Waals surface area contributed by atoms with Crippen molar-refractivity contribution >= 4 is 18.3 Å². The lowest BCUT2D eigenvalue weighted by molar-refractivity contribution is -0.132. The minimum atomic E-state index is -0.0404. The van der Waals surface area contributed by atoms with E-state index in [1.165, 1.54) is 0 Å². The SMILES string of the molecule is COCCOCCC(=O)N(C)CC(C)(C)CN.Cl. The number of hydrogen-bond acceptors (Lipinski definition) is 4. The smallest absolute Gasteiger partial charge is 0.224 e. The van der Waals surface area contributed by atoms with Gasteiger partial charge in [-0.2, -0.15) is 0 Å². The van der Waals surface area contributed by atoms with E-state index in [1.807, 2.05) is 13.8 Å². The summed E-state index contributed by atoms with van der Waals surface area (Å²) >= 11 is 0. The molecule has 0 radical (unpaired) electrons. The van der Waals surface area contributed by atoms with Gasteiger partial charge in [-0.1, -0.05) is 13.8 Å². The normalized spacial score (nSPS) is 10.9. The molecular weight excluding hydrogens is 256 g/mol. The van der Waals surface area contributed by atoms with Gasteiger partial charge in [-0.3, -0.25) is 4.79 Å². The Balaban J connectivity index is 0. The fraction of sp³-hybridized carbons (Fsp3) is 0.917. The number of carbonyl (C=O) groups is 1. The summed E-state index contributed by atoms with van der Waals surface area (Å²) in [5.41, 5.74) is 5.59. The summed E-state index contributed by atoms with van der Waals surface area (Å²) in [6.07, 6.45) is 0.404. The summed E-state index contributed by atoms with van der Waals surface area (Å²) in [7, 11) is 3.42. The van der Waals surface area contributed by atoms with Crippen LogP contribution in [0.5, 0.6) is 0 Å². The van der Waals surface area contributed by atoms with E-state index in [2.05, 4.69) is 0 Å². The molecule has 0 aromatic heterocycles. The van der Waals surface area contributed by atoms with Crippen LogP contribution in [0, 0.1) is 5.41 Å². The minimum Gasteiger partial charge on any atom is -0.382 e. The van der Waals surface area contributed by atoms with Crippen LogP contribution in [0.2, 0.25) is 0 Å². The van der Waals surface area contributed by atoms with Crippen LogP contribution in [0.25, 0.3) is 0 Å². The molecule has 110 valence electrons. The van der Waals surface area contributed by atoms with E-state index in [-0.39, 0.29) is 23.7 Å². The number of halogens is 1. The van der Waals surface area contributed by atoms with Crippen LogP contribution in [0.1, 0.15) is 20.3 Å². The number of carbonyl (C=O) groups excluding carboxylic acids is 1. The van der Waals surface area contributed by atoms with Crippen molar-refractivity contribution < 1.29 is 14.3 Å². The Morgan fingerprint density at radius 1 is 1.28 bits per heavy atom. The molecule has 0 aromatic carbocycles. The Kier molecular flexibility index (Phi) is 11.7. The Bertz CT molecular complexity index is 225. The molecule has 18 heavy (non-hydrogen) atoms. The van der Waals surface area contributed by atoms with Gasteiger partial charge in [0.05, 0.1) is 26.2 Å². The number of nitrogens with two attached hydrogens (primary N) is 1. The molecule has 2 N–H and O–H groups in total. The van der Waals surface area contributed by atoms with Crippen molar-refractivity contribution in [3.63, 3.8) is 0 Å². The van der Waals surface area contributed by atoms with E-state index in [9.17, 15) is 4.79 Å². The second kappa shape index (κ2) is 10.6. The van der Waals surface area contributed by atoms with Gasteiger partial charge in [-0.05, 0) is 12.0 Å². The Labute approximate surface area is 116 Å². The van der Waals surface area contributed by atoms with Crippen molar-refractivity contribution in [2.75, 3.05) is 47.1 Å². The lowest BCUT2D eigenvalue weighted by Gasteiger charge is -2.29. The van der Waals surface area contributed by atoms with Gasteiger partial charge < -0.3 is 20.1 Å². The predicted octanol–water partition coefficient (Wildman–Crippen LogP) is 0.905. The first-order chi connectivity index (χ1) is 7.93. The van der Waals surface area contributed by atoms with Crippen molar-refractivity contribution in [2.45, 2.75) is 20.3 Å². The number of methoxy groups -OCH3 is 1. The molecule has 0 saturated heterocycles. The second-order valence-electron chi connectivity index (χ2n) is 4.97. The summed E-state index contributed by atoms with van der Waals surface area (Å²) in [5.74, 6) is 0.0870. The van der Waals surface area contributed by atoms with E-state index in [0.717, 1.165) is 0 Å². The van der Waals surface area contributed by atoms with Crippen LogP contribution in [-0.2, 0) is 14.3 Å². The first kappa shape index (κ1) is 20.0. The monoisotopic (exact) mass is 282 g/mol. The van der Waals surface area contributed by atoms with E-state index >= 15 is 0 Å². The Hall–Kier alpha value is -0.360. The molecule has 0 fully saturated rings. The van der Waals surface area contributed by atoms with Crippen LogP contribution < -0.4 is 5.73 Å². The van der Waals surface area contributed by atoms with Gasteiger partial charge in [0.25, 0.3) is 0 Å². The molecule has 0 spiro atoms. The van der Waals surface area contributed by atoms with E-state index in [0.29, 0.717) is 39.3 Å². The fourth-order valence-electron chi connectivity index (χ4n) is 1.39. The third kappa shape index (κ3) is 9.65. The zero-order valence-electron chi connectivity index (χ0n) is 11.9. The fourth-order valence-corrected chi connectivity index (χ4v) is 1.39. The first-order valence-electron chi connectivity index (χ1n) is 5.93. The zero-order valence-corrected chi connectivity index (χ0v) is 12.7. The highest BCUT2D eigenvalue weighted by atomic mass is 35.5. The summed E-state index contributed by atoms with van der Waals surface area (Å²) in [6.45, 7) is 6.86. The summed E-state index contributed by atoms with van der Waals surface area (Å²) in [4.78, 5) is 13.5. The van der Waals surface area contributed by atoms with Crippen LogP contribution in [0.4, 0.5) is 0 Å². The molecular formula is C12H27ClN2O3. The minimum absolute atomic E-state index is 0. The average Bonchev–Trinajstić information content (AvgIpc) is 2.28. The molecule has 1 amide bonds. The average molecular weight is 283 g/mol. The Morgan fingerprint density at radius 3 is 2.39 bits per heavy atom. The quantitative estimate of drug-likeness (QED) is 0.638. The Morgan fingerprint density at radius 2 is 1.89 bits per heavy atom. The summed E-state index contributed by atoms with van der Waals surface area (Å²) < 4.78 is 10.1. The number of hydrogen-bond donors (Lipinski definition) is 1. The van der Waals surface area contributed by atoms with Crippen molar-refractivity contribution in [1.29, 1.82) is 0 Å². The van der Waals surface area contributed by atoms with E-state index in [1.54, 1.807) is 19.1 Å². The van der Waals surface area contributed by atoms with Gasteiger partial charge >= 0.3 is 0 Å².